The van der Waals surface area contributed by atoms with Gasteiger partial charge in [0.1, 0.15) is 0 Å². The van der Waals surface area contributed by atoms with Crippen LogP contribution in [0.25, 0.3) is 0 Å². The molecule has 1 heterocycles. The number of hydrogen-bond acceptors (Lipinski definition) is 2. The van der Waals surface area contributed by atoms with Gasteiger partial charge in [-0.1, -0.05) is 110 Å². The summed E-state index contributed by atoms with van der Waals surface area (Å²) in [5, 5.41) is 0. The number of ketones is 1. The molecule has 0 aliphatic heterocycles. The average molecular weight is 374 g/mol. The Bertz CT molecular complexity index is 443. The van der Waals surface area contributed by atoms with Crippen molar-refractivity contribution in [2.75, 3.05) is 0 Å². The van der Waals surface area contributed by atoms with E-state index in [4.69, 9.17) is 0 Å². The standard InChI is InChI=1S/C25H43NO/c1-2-3-4-5-6-7-8-9-10-11-12-13-14-15-16-17-18-21-25(27)24-20-19-22-26-23-24/h19-20,22-23H,2-18,21H2,1H3. The lowest BCUT2D eigenvalue weighted by Gasteiger charge is -2.04. The van der Waals surface area contributed by atoms with Gasteiger partial charge in [-0.15, -0.1) is 0 Å². The van der Waals surface area contributed by atoms with Crippen molar-refractivity contribution in [3.63, 3.8) is 0 Å². The largest absolute Gasteiger partial charge is 0.294 e. The first-order valence-electron chi connectivity index (χ1n) is 11.8. The fourth-order valence-electron chi connectivity index (χ4n) is 3.68. The Morgan fingerprint density at radius 1 is 0.704 bits per heavy atom. The molecule has 1 aromatic rings. The zero-order valence-electron chi connectivity index (χ0n) is 17.9. The Morgan fingerprint density at radius 2 is 1.15 bits per heavy atom. The number of Topliss-reactive ketones (excluding diaryl/α,β-unsaturated/α-hetero) is 1. The van der Waals surface area contributed by atoms with Crippen molar-refractivity contribution in [3.05, 3.63) is 30.1 Å². The van der Waals surface area contributed by atoms with Crippen molar-refractivity contribution in [1.82, 2.24) is 4.98 Å². The summed E-state index contributed by atoms with van der Waals surface area (Å²) in [7, 11) is 0. The van der Waals surface area contributed by atoms with Crippen LogP contribution in [0.3, 0.4) is 0 Å². The van der Waals surface area contributed by atoms with E-state index in [1.54, 1.807) is 12.4 Å². The smallest absolute Gasteiger partial charge is 0.164 e. The quantitative estimate of drug-likeness (QED) is 0.180. The summed E-state index contributed by atoms with van der Waals surface area (Å²) in [4.78, 5) is 16.0. The van der Waals surface area contributed by atoms with Crippen molar-refractivity contribution < 1.29 is 4.79 Å². The van der Waals surface area contributed by atoms with E-state index < -0.39 is 0 Å². The number of rotatable bonds is 19. The highest BCUT2D eigenvalue weighted by molar-refractivity contribution is 5.95. The zero-order valence-corrected chi connectivity index (χ0v) is 17.9. The Balaban J connectivity index is 1.75. The minimum atomic E-state index is 0.240. The van der Waals surface area contributed by atoms with Crippen LogP contribution in [0, 0.1) is 0 Å². The molecule has 2 nitrogen and oxygen atoms in total. The molecule has 1 rings (SSSR count). The summed E-state index contributed by atoms with van der Waals surface area (Å²) < 4.78 is 0. The van der Waals surface area contributed by atoms with Gasteiger partial charge in [-0.05, 0) is 18.6 Å². The molecule has 0 amide bonds. The van der Waals surface area contributed by atoms with Crippen LogP contribution in [0.2, 0.25) is 0 Å². The van der Waals surface area contributed by atoms with Gasteiger partial charge in [0.2, 0.25) is 0 Å². The summed E-state index contributed by atoms with van der Waals surface area (Å²) >= 11 is 0. The highest BCUT2D eigenvalue weighted by atomic mass is 16.1. The van der Waals surface area contributed by atoms with Crippen molar-refractivity contribution in [2.45, 2.75) is 122 Å². The van der Waals surface area contributed by atoms with Crippen molar-refractivity contribution in [2.24, 2.45) is 0 Å². The molecule has 0 bridgehead atoms. The molecule has 0 atom stereocenters. The van der Waals surface area contributed by atoms with Gasteiger partial charge in [0, 0.05) is 24.4 Å². The highest BCUT2D eigenvalue weighted by Crippen LogP contribution is 2.14. The topological polar surface area (TPSA) is 30.0 Å². The molecular weight excluding hydrogens is 330 g/mol. The van der Waals surface area contributed by atoms with E-state index in [2.05, 4.69) is 11.9 Å². The first-order chi connectivity index (χ1) is 13.3. The van der Waals surface area contributed by atoms with E-state index in [1.165, 1.54) is 103 Å². The lowest BCUT2D eigenvalue weighted by molar-refractivity contribution is 0.0978. The van der Waals surface area contributed by atoms with Crippen LogP contribution in [0.1, 0.15) is 133 Å². The van der Waals surface area contributed by atoms with Crippen LogP contribution in [0.5, 0.6) is 0 Å². The molecule has 0 aliphatic carbocycles. The minimum Gasteiger partial charge on any atom is -0.294 e. The maximum absolute atomic E-state index is 12.0. The van der Waals surface area contributed by atoms with Crippen molar-refractivity contribution in [1.29, 1.82) is 0 Å². The second kappa shape index (κ2) is 18.2. The van der Waals surface area contributed by atoms with Crippen LogP contribution in [-0.4, -0.2) is 10.8 Å². The first-order valence-corrected chi connectivity index (χ1v) is 11.8. The predicted molar refractivity (Wildman–Crippen MR) is 117 cm³/mol. The van der Waals surface area contributed by atoms with Crippen LogP contribution in [-0.2, 0) is 0 Å². The number of hydrogen-bond donors (Lipinski definition) is 0. The van der Waals surface area contributed by atoms with Gasteiger partial charge >= 0.3 is 0 Å². The third kappa shape index (κ3) is 14.5. The number of nitrogens with zero attached hydrogens (tertiary/aromatic N) is 1. The molecular formula is C25H43NO. The monoisotopic (exact) mass is 373 g/mol. The number of carbonyl (C=O) groups is 1. The molecule has 0 aromatic carbocycles. The van der Waals surface area contributed by atoms with Gasteiger partial charge in [0.25, 0.3) is 0 Å². The summed E-state index contributed by atoms with van der Waals surface area (Å²) in [5.41, 5.74) is 0.758. The summed E-state index contributed by atoms with van der Waals surface area (Å²) in [5.74, 6) is 0.240. The number of aromatic nitrogens is 1. The molecule has 2 heteroatoms. The molecule has 27 heavy (non-hydrogen) atoms. The molecule has 0 spiro atoms. The molecule has 0 saturated carbocycles. The molecule has 0 saturated heterocycles. The Labute approximate surface area is 168 Å². The average Bonchev–Trinajstić information content (AvgIpc) is 2.70. The molecule has 0 aliphatic rings. The van der Waals surface area contributed by atoms with E-state index in [-0.39, 0.29) is 5.78 Å². The Kier molecular flexibility index (Phi) is 16.1. The molecule has 1 aromatic heterocycles. The molecule has 0 fully saturated rings. The van der Waals surface area contributed by atoms with Crippen molar-refractivity contribution in [3.8, 4) is 0 Å². The van der Waals surface area contributed by atoms with Gasteiger partial charge in [0.15, 0.2) is 5.78 Å². The van der Waals surface area contributed by atoms with Gasteiger partial charge in [0.05, 0.1) is 0 Å². The maximum Gasteiger partial charge on any atom is 0.164 e. The Morgan fingerprint density at radius 3 is 1.56 bits per heavy atom. The van der Waals surface area contributed by atoms with E-state index >= 15 is 0 Å². The molecule has 0 radical (unpaired) electrons. The fourth-order valence-corrected chi connectivity index (χ4v) is 3.68. The lowest BCUT2D eigenvalue weighted by atomic mass is 10.0. The third-order valence-corrected chi connectivity index (χ3v) is 5.49. The number of pyridine rings is 1. The molecule has 154 valence electrons. The second-order valence-corrected chi connectivity index (χ2v) is 8.07. The van der Waals surface area contributed by atoms with Gasteiger partial charge < -0.3 is 0 Å². The highest BCUT2D eigenvalue weighted by Gasteiger charge is 2.04. The van der Waals surface area contributed by atoms with Crippen molar-refractivity contribution >= 4 is 5.78 Å². The number of unbranched alkanes of at least 4 members (excludes halogenated alkanes) is 16. The first kappa shape index (κ1) is 23.9. The molecule has 0 unspecified atom stereocenters. The summed E-state index contributed by atoms with van der Waals surface area (Å²) in [6.45, 7) is 2.29. The number of carbonyl (C=O) groups excluding carboxylic acids is 1. The lowest BCUT2D eigenvalue weighted by Crippen LogP contribution is -1.99. The SMILES string of the molecule is CCCCCCCCCCCCCCCCCCCC(=O)c1cccnc1. The normalized spacial score (nSPS) is 11.0. The predicted octanol–water partition coefficient (Wildman–Crippen LogP) is 8.31. The van der Waals surface area contributed by atoms with E-state index in [0.717, 1.165) is 12.0 Å². The second-order valence-electron chi connectivity index (χ2n) is 8.07. The summed E-state index contributed by atoms with van der Waals surface area (Å²) in [6.07, 6.45) is 27.4. The van der Waals surface area contributed by atoms with E-state index in [9.17, 15) is 4.79 Å². The van der Waals surface area contributed by atoms with Gasteiger partial charge in [-0.3, -0.25) is 9.78 Å². The Hall–Kier alpha value is -1.18. The van der Waals surface area contributed by atoms with Gasteiger partial charge in [-0.25, -0.2) is 0 Å². The summed E-state index contributed by atoms with van der Waals surface area (Å²) in [6, 6.07) is 3.70. The molecule has 0 N–H and O–H groups in total. The van der Waals surface area contributed by atoms with E-state index in [1.807, 2.05) is 12.1 Å². The van der Waals surface area contributed by atoms with Crippen LogP contribution in [0.15, 0.2) is 24.5 Å². The van der Waals surface area contributed by atoms with Crippen LogP contribution in [0.4, 0.5) is 0 Å². The fraction of sp³-hybridized carbons (Fsp3) is 0.760. The van der Waals surface area contributed by atoms with Gasteiger partial charge in [-0.2, -0.15) is 0 Å². The minimum absolute atomic E-state index is 0.240. The zero-order chi connectivity index (χ0) is 19.4. The van der Waals surface area contributed by atoms with E-state index in [0.29, 0.717) is 6.42 Å². The maximum atomic E-state index is 12.0. The van der Waals surface area contributed by atoms with Crippen LogP contribution >= 0.6 is 0 Å². The van der Waals surface area contributed by atoms with Crippen LogP contribution < -0.4 is 0 Å². The third-order valence-electron chi connectivity index (χ3n) is 5.49.